The van der Waals surface area contributed by atoms with Crippen molar-refractivity contribution >= 4 is 11.1 Å². The summed E-state index contributed by atoms with van der Waals surface area (Å²) in [5.41, 5.74) is 2.76. The van der Waals surface area contributed by atoms with Gasteiger partial charge in [-0.3, -0.25) is 4.57 Å². The van der Waals surface area contributed by atoms with Crippen LogP contribution in [0.25, 0.3) is 11.1 Å². The van der Waals surface area contributed by atoms with Gasteiger partial charge in [0.05, 0.1) is 24.8 Å². The van der Waals surface area contributed by atoms with E-state index in [2.05, 4.69) is 13.8 Å². The van der Waals surface area contributed by atoms with Crippen LogP contribution in [0.1, 0.15) is 31.4 Å². The first-order chi connectivity index (χ1) is 8.16. The van der Waals surface area contributed by atoms with Crippen molar-refractivity contribution in [2.24, 2.45) is 0 Å². The quantitative estimate of drug-likeness (QED) is 0.799. The summed E-state index contributed by atoms with van der Waals surface area (Å²) in [7, 11) is 0. The van der Waals surface area contributed by atoms with Gasteiger partial charge in [-0.1, -0.05) is 19.9 Å². The van der Waals surface area contributed by atoms with Crippen molar-refractivity contribution in [3.05, 3.63) is 34.3 Å². The van der Waals surface area contributed by atoms with E-state index in [1.54, 1.807) is 4.57 Å². The van der Waals surface area contributed by atoms with Gasteiger partial charge >= 0.3 is 5.76 Å². The molecule has 90 valence electrons. The van der Waals surface area contributed by atoms with E-state index in [1.807, 2.05) is 18.2 Å². The maximum atomic E-state index is 11.8. The molecule has 4 heteroatoms. The highest BCUT2D eigenvalue weighted by molar-refractivity contribution is 5.74. The van der Waals surface area contributed by atoms with E-state index in [9.17, 15) is 4.79 Å². The van der Waals surface area contributed by atoms with Gasteiger partial charge in [0.2, 0.25) is 0 Å². The Bertz CT molecular complexity index is 605. The van der Waals surface area contributed by atoms with Gasteiger partial charge in [-0.15, -0.1) is 0 Å². The van der Waals surface area contributed by atoms with Crippen LogP contribution in [0.5, 0.6) is 0 Å². The van der Waals surface area contributed by atoms with Crippen molar-refractivity contribution in [2.45, 2.75) is 25.8 Å². The summed E-state index contributed by atoms with van der Waals surface area (Å²) in [6, 6.07) is 6.06. The minimum Gasteiger partial charge on any atom is -0.408 e. The van der Waals surface area contributed by atoms with E-state index in [-0.39, 0.29) is 11.8 Å². The van der Waals surface area contributed by atoms with Crippen molar-refractivity contribution in [1.29, 1.82) is 0 Å². The molecule has 3 rings (SSSR count). The van der Waals surface area contributed by atoms with E-state index >= 15 is 0 Å². The molecule has 1 aliphatic rings. The summed E-state index contributed by atoms with van der Waals surface area (Å²) in [5.74, 6) is 0.157. The molecule has 1 aromatic carbocycles. The topological polar surface area (TPSA) is 44.4 Å². The molecule has 0 atom stereocenters. The Balaban J connectivity index is 2.21. The highest BCUT2D eigenvalue weighted by Gasteiger charge is 2.25. The molecule has 0 aliphatic carbocycles. The van der Waals surface area contributed by atoms with Gasteiger partial charge in [-0.05, 0) is 23.6 Å². The number of aromatic nitrogens is 1. The van der Waals surface area contributed by atoms with E-state index in [0.717, 1.165) is 5.52 Å². The standard InChI is InChI=1S/C13H15NO3/c1-8(2)9-3-4-12-11(5-9)14(13(15)17-12)10-6-16-7-10/h3-5,8,10H,6-7H2,1-2H3. The minimum atomic E-state index is -0.283. The van der Waals surface area contributed by atoms with Crippen LogP contribution in [-0.4, -0.2) is 17.8 Å². The fourth-order valence-corrected chi connectivity index (χ4v) is 2.13. The summed E-state index contributed by atoms with van der Waals surface area (Å²) in [4.78, 5) is 11.8. The van der Waals surface area contributed by atoms with Gasteiger partial charge in [-0.2, -0.15) is 0 Å². The molecule has 1 fully saturated rings. The molecule has 1 saturated heterocycles. The van der Waals surface area contributed by atoms with Gasteiger partial charge in [0.15, 0.2) is 5.58 Å². The van der Waals surface area contributed by atoms with Gasteiger partial charge in [-0.25, -0.2) is 4.79 Å². The zero-order valence-electron chi connectivity index (χ0n) is 9.97. The first kappa shape index (κ1) is 10.6. The van der Waals surface area contributed by atoms with E-state index in [1.165, 1.54) is 5.56 Å². The molecule has 0 spiro atoms. The Morgan fingerprint density at radius 1 is 1.35 bits per heavy atom. The van der Waals surface area contributed by atoms with Crippen LogP contribution in [0.2, 0.25) is 0 Å². The molecule has 17 heavy (non-hydrogen) atoms. The van der Waals surface area contributed by atoms with Gasteiger partial charge in [0.1, 0.15) is 0 Å². The Labute approximate surface area is 98.8 Å². The normalized spacial score (nSPS) is 16.6. The second kappa shape index (κ2) is 3.74. The van der Waals surface area contributed by atoms with Crippen molar-refractivity contribution in [3.8, 4) is 0 Å². The number of rotatable bonds is 2. The van der Waals surface area contributed by atoms with Crippen LogP contribution in [-0.2, 0) is 4.74 Å². The summed E-state index contributed by atoms with van der Waals surface area (Å²) in [6.07, 6.45) is 0. The number of benzene rings is 1. The van der Waals surface area contributed by atoms with Crippen molar-refractivity contribution in [3.63, 3.8) is 0 Å². The monoisotopic (exact) mass is 233 g/mol. The average Bonchev–Trinajstić information content (AvgIpc) is 2.53. The smallest absolute Gasteiger partial charge is 0.408 e. The molecular weight excluding hydrogens is 218 g/mol. The lowest BCUT2D eigenvalue weighted by Crippen LogP contribution is -2.35. The molecule has 0 saturated carbocycles. The Morgan fingerprint density at radius 3 is 2.71 bits per heavy atom. The predicted molar refractivity (Wildman–Crippen MR) is 64.4 cm³/mol. The first-order valence-electron chi connectivity index (χ1n) is 5.89. The average molecular weight is 233 g/mol. The molecule has 0 unspecified atom stereocenters. The summed E-state index contributed by atoms with van der Waals surface area (Å²) in [5, 5.41) is 0. The fraction of sp³-hybridized carbons (Fsp3) is 0.462. The third kappa shape index (κ3) is 1.60. The van der Waals surface area contributed by atoms with Crippen LogP contribution in [0.4, 0.5) is 0 Å². The van der Waals surface area contributed by atoms with Crippen LogP contribution in [0, 0.1) is 0 Å². The molecule has 2 aromatic rings. The highest BCUT2D eigenvalue weighted by atomic mass is 16.5. The summed E-state index contributed by atoms with van der Waals surface area (Å²) >= 11 is 0. The van der Waals surface area contributed by atoms with E-state index < -0.39 is 0 Å². The number of hydrogen-bond acceptors (Lipinski definition) is 3. The molecule has 1 aromatic heterocycles. The molecular formula is C13H15NO3. The molecule has 2 heterocycles. The predicted octanol–water partition coefficient (Wildman–Crippen LogP) is 2.29. The lowest BCUT2D eigenvalue weighted by Gasteiger charge is -2.26. The molecule has 0 bridgehead atoms. The number of ether oxygens (including phenoxy) is 1. The largest absolute Gasteiger partial charge is 0.420 e. The van der Waals surface area contributed by atoms with Gasteiger partial charge in [0.25, 0.3) is 0 Å². The van der Waals surface area contributed by atoms with Crippen molar-refractivity contribution in [1.82, 2.24) is 4.57 Å². The zero-order valence-corrected chi connectivity index (χ0v) is 9.97. The summed E-state index contributed by atoms with van der Waals surface area (Å²) < 4.78 is 12.1. The van der Waals surface area contributed by atoms with E-state index in [0.29, 0.717) is 24.7 Å². The van der Waals surface area contributed by atoms with Gasteiger partial charge in [0, 0.05) is 0 Å². The Kier molecular flexibility index (Phi) is 2.33. The zero-order chi connectivity index (χ0) is 12.0. The molecule has 1 aliphatic heterocycles. The van der Waals surface area contributed by atoms with Gasteiger partial charge < -0.3 is 9.15 Å². The number of hydrogen-bond donors (Lipinski definition) is 0. The second-order valence-corrected chi connectivity index (χ2v) is 4.81. The van der Waals surface area contributed by atoms with Crippen LogP contribution >= 0.6 is 0 Å². The SMILES string of the molecule is CC(C)c1ccc2oc(=O)n(C3COC3)c2c1. The molecule has 0 N–H and O–H groups in total. The highest BCUT2D eigenvalue weighted by Crippen LogP contribution is 2.25. The van der Waals surface area contributed by atoms with Crippen LogP contribution in [0.3, 0.4) is 0 Å². The summed E-state index contributed by atoms with van der Waals surface area (Å²) in [6.45, 7) is 5.47. The Hall–Kier alpha value is -1.55. The lowest BCUT2D eigenvalue weighted by molar-refractivity contribution is -0.0242. The Morgan fingerprint density at radius 2 is 2.12 bits per heavy atom. The lowest BCUT2D eigenvalue weighted by atomic mass is 10.0. The fourth-order valence-electron chi connectivity index (χ4n) is 2.13. The minimum absolute atomic E-state index is 0.131. The molecule has 0 amide bonds. The van der Waals surface area contributed by atoms with E-state index in [4.69, 9.17) is 9.15 Å². The van der Waals surface area contributed by atoms with Crippen molar-refractivity contribution < 1.29 is 9.15 Å². The molecule has 4 nitrogen and oxygen atoms in total. The molecule has 0 radical (unpaired) electrons. The number of fused-ring (bicyclic) bond motifs is 1. The number of nitrogens with zero attached hydrogens (tertiary/aromatic N) is 1. The van der Waals surface area contributed by atoms with Crippen molar-refractivity contribution in [2.75, 3.05) is 13.2 Å². The first-order valence-corrected chi connectivity index (χ1v) is 5.89. The van der Waals surface area contributed by atoms with Crippen LogP contribution < -0.4 is 5.76 Å². The number of oxazole rings is 1. The maximum absolute atomic E-state index is 11.8. The van der Waals surface area contributed by atoms with Crippen LogP contribution in [0.15, 0.2) is 27.4 Å². The third-order valence-electron chi connectivity index (χ3n) is 3.29. The second-order valence-electron chi connectivity index (χ2n) is 4.81. The third-order valence-corrected chi connectivity index (χ3v) is 3.29. The maximum Gasteiger partial charge on any atom is 0.420 e.